The number of rotatable bonds is 8. The van der Waals surface area contributed by atoms with Crippen LogP contribution in [0.25, 0.3) is 0 Å². The number of aliphatic hydroxyl groups is 1. The van der Waals surface area contributed by atoms with Gasteiger partial charge in [-0.2, -0.15) is 0 Å². The smallest absolute Gasteiger partial charge is 0.249 e. The lowest BCUT2D eigenvalue weighted by Crippen LogP contribution is -2.60. The third-order valence-corrected chi connectivity index (χ3v) is 9.53. The number of amides is 3. The zero-order valence-electron chi connectivity index (χ0n) is 24.3. The van der Waals surface area contributed by atoms with E-state index in [0.717, 1.165) is 18.5 Å². The van der Waals surface area contributed by atoms with E-state index in [0.29, 0.717) is 19.5 Å². The van der Waals surface area contributed by atoms with Crippen molar-refractivity contribution < 1.29 is 24.2 Å². The van der Waals surface area contributed by atoms with Crippen LogP contribution in [-0.4, -0.2) is 81.7 Å². The maximum atomic E-state index is 14.7. The van der Waals surface area contributed by atoms with E-state index in [1.807, 2.05) is 87.2 Å². The third kappa shape index (κ3) is 4.14. The molecular formula is C32H43N3O5. The third-order valence-electron chi connectivity index (χ3n) is 9.53. The Labute approximate surface area is 237 Å². The fourth-order valence-corrected chi connectivity index (χ4v) is 7.50. The first-order chi connectivity index (χ1) is 19.2. The summed E-state index contributed by atoms with van der Waals surface area (Å²) in [5, 5.41) is 10.5. The summed E-state index contributed by atoms with van der Waals surface area (Å²) in [5.41, 5.74) is -1.60. The molecule has 1 N–H and O–H groups in total. The van der Waals surface area contributed by atoms with Crippen LogP contribution in [-0.2, 0) is 19.1 Å². The average molecular weight is 550 g/mol. The molecule has 0 radical (unpaired) electrons. The predicted octanol–water partition coefficient (Wildman–Crippen LogP) is 3.55. The molecule has 1 spiro atoms. The Kier molecular flexibility index (Phi) is 7.70. The normalized spacial score (nSPS) is 33.1. The van der Waals surface area contributed by atoms with E-state index >= 15 is 0 Å². The molecule has 1 aromatic rings. The molecule has 0 saturated carbocycles. The number of aliphatic hydroxyl groups excluding tert-OH is 1. The van der Waals surface area contributed by atoms with Crippen LogP contribution in [0, 0.1) is 17.8 Å². The maximum absolute atomic E-state index is 14.7. The van der Waals surface area contributed by atoms with Crippen molar-refractivity contribution in [3.63, 3.8) is 0 Å². The second-order valence-electron chi connectivity index (χ2n) is 12.1. The van der Waals surface area contributed by atoms with E-state index in [4.69, 9.17) is 4.74 Å². The standard InChI is InChI=1S/C32H43N3O5/c1-6-13-22(5)33-18-12-17-32-26(29(38)35(27(32)30(33)39)24(20-36)21(3)4)25-28(37)34(23-14-9-8-10-15-23)19-11-16-31(25,7-2)40-32/h8-12,14-17,21-22,24-27,36H,6-7,13,18-20H2,1-5H3/t22?,24-,25+,26-,27?,31-,32-/m0/s1. The summed E-state index contributed by atoms with van der Waals surface area (Å²) < 4.78 is 7.05. The van der Waals surface area contributed by atoms with E-state index in [-0.39, 0.29) is 36.3 Å². The number of hydrogen-bond donors (Lipinski definition) is 1. The number of para-hydroxylation sites is 1. The molecule has 2 unspecified atom stereocenters. The Morgan fingerprint density at radius 2 is 1.65 bits per heavy atom. The van der Waals surface area contributed by atoms with Gasteiger partial charge in [0.05, 0.1) is 30.1 Å². The number of fused-ring (bicyclic) bond motifs is 2. The number of anilines is 1. The lowest BCUT2D eigenvalue weighted by atomic mass is 9.73. The largest absolute Gasteiger partial charge is 0.394 e. The SMILES string of the molecule is CCCC(C)N1CC=C[C@]23O[C@@]4(CC)C=CCN(c5ccccc5)C(=O)[C@H]4[C@H]2C(=O)N([C@@H](CO)C(C)C)C3C1=O. The van der Waals surface area contributed by atoms with Gasteiger partial charge in [0.2, 0.25) is 17.7 Å². The van der Waals surface area contributed by atoms with Gasteiger partial charge in [0, 0.05) is 24.8 Å². The average Bonchev–Trinajstić information content (AvgIpc) is 3.22. The van der Waals surface area contributed by atoms with E-state index in [9.17, 15) is 19.5 Å². The van der Waals surface area contributed by atoms with Gasteiger partial charge >= 0.3 is 0 Å². The second-order valence-corrected chi connectivity index (χ2v) is 12.1. The molecule has 8 nitrogen and oxygen atoms in total. The van der Waals surface area contributed by atoms with Crippen LogP contribution in [0.5, 0.6) is 0 Å². The molecule has 4 heterocycles. The molecule has 0 bridgehead atoms. The lowest BCUT2D eigenvalue weighted by molar-refractivity contribution is -0.157. The molecule has 7 atom stereocenters. The Bertz CT molecular complexity index is 1200. The first kappa shape index (κ1) is 28.6. The van der Waals surface area contributed by atoms with Gasteiger partial charge in [-0.25, -0.2) is 0 Å². The first-order valence-corrected chi connectivity index (χ1v) is 14.8. The predicted molar refractivity (Wildman–Crippen MR) is 153 cm³/mol. The van der Waals surface area contributed by atoms with Crippen molar-refractivity contribution in [2.24, 2.45) is 17.8 Å². The van der Waals surface area contributed by atoms with Crippen molar-refractivity contribution in [3.8, 4) is 0 Å². The Morgan fingerprint density at radius 3 is 2.27 bits per heavy atom. The van der Waals surface area contributed by atoms with E-state index in [2.05, 4.69) is 6.92 Å². The van der Waals surface area contributed by atoms with Crippen molar-refractivity contribution in [2.45, 2.75) is 83.2 Å². The highest BCUT2D eigenvalue weighted by molar-refractivity contribution is 6.04. The number of carbonyl (C=O) groups is 3. The summed E-state index contributed by atoms with van der Waals surface area (Å²) in [6.07, 6.45) is 9.97. The summed E-state index contributed by atoms with van der Waals surface area (Å²) in [4.78, 5) is 48.8. The minimum absolute atomic E-state index is 0.0259. The molecule has 4 aliphatic rings. The number of likely N-dealkylation sites (tertiary alicyclic amines) is 1. The number of ether oxygens (including phenoxy) is 1. The minimum Gasteiger partial charge on any atom is -0.394 e. The summed E-state index contributed by atoms with van der Waals surface area (Å²) in [6.45, 7) is 10.5. The fourth-order valence-electron chi connectivity index (χ4n) is 7.50. The highest BCUT2D eigenvalue weighted by Crippen LogP contribution is 2.59. The quantitative estimate of drug-likeness (QED) is 0.501. The van der Waals surface area contributed by atoms with Crippen molar-refractivity contribution in [1.29, 1.82) is 0 Å². The lowest BCUT2D eigenvalue weighted by Gasteiger charge is -2.42. The Balaban J connectivity index is 1.69. The van der Waals surface area contributed by atoms with Gasteiger partial charge < -0.3 is 24.5 Å². The molecule has 40 heavy (non-hydrogen) atoms. The van der Waals surface area contributed by atoms with Crippen molar-refractivity contribution in [2.75, 3.05) is 24.6 Å². The molecule has 2 saturated heterocycles. The topological polar surface area (TPSA) is 90.4 Å². The van der Waals surface area contributed by atoms with E-state index < -0.39 is 35.1 Å². The van der Waals surface area contributed by atoms with Gasteiger partial charge in [-0.3, -0.25) is 14.4 Å². The van der Waals surface area contributed by atoms with Crippen LogP contribution in [0.2, 0.25) is 0 Å². The van der Waals surface area contributed by atoms with E-state index in [1.165, 1.54) is 0 Å². The summed E-state index contributed by atoms with van der Waals surface area (Å²) in [5.74, 6) is -2.47. The van der Waals surface area contributed by atoms with Gasteiger partial charge in [0.1, 0.15) is 11.6 Å². The van der Waals surface area contributed by atoms with Crippen molar-refractivity contribution in [3.05, 3.63) is 54.6 Å². The zero-order chi connectivity index (χ0) is 28.8. The van der Waals surface area contributed by atoms with Gasteiger partial charge in [-0.05, 0) is 37.8 Å². The number of hydrogen-bond acceptors (Lipinski definition) is 5. The first-order valence-electron chi connectivity index (χ1n) is 14.8. The second kappa shape index (κ2) is 10.8. The molecule has 8 heteroatoms. The van der Waals surface area contributed by atoms with Gasteiger partial charge in [0.15, 0.2) is 0 Å². The van der Waals surface area contributed by atoms with Crippen LogP contribution in [0.1, 0.15) is 53.9 Å². The van der Waals surface area contributed by atoms with Crippen LogP contribution in [0.15, 0.2) is 54.6 Å². The molecule has 0 aromatic heterocycles. The van der Waals surface area contributed by atoms with Gasteiger partial charge in [-0.1, -0.05) is 76.6 Å². The monoisotopic (exact) mass is 549 g/mol. The molecule has 2 fully saturated rings. The summed E-state index contributed by atoms with van der Waals surface area (Å²) >= 11 is 0. The zero-order valence-corrected chi connectivity index (χ0v) is 24.3. The number of carbonyl (C=O) groups excluding carboxylic acids is 3. The molecule has 1 aromatic carbocycles. The Hall–Kier alpha value is -2.97. The van der Waals surface area contributed by atoms with Crippen molar-refractivity contribution in [1.82, 2.24) is 9.80 Å². The highest BCUT2D eigenvalue weighted by Gasteiger charge is 2.76. The van der Waals surface area contributed by atoms with E-state index in [1.54, 1.807) is 9.80 Å². The molecular weight excluding hydrogens is 506 g/mol. The molecule has 216 valence electrons. The molecule has 3 amide bonds. The molecule has 5 rings (SSSR count). The van der Waals surface area contributed by atoms with Crippen LogP contribution >= 0.6 is 0 Å². The molecule has 0 aliphatic carbocycles. The highest BCUT2D eigenvalue weighted by atomic mass is 16.5. The number of benzene rings is 1. The van der Waals surface area contributed by atoms with Crippen molar-refractivity contribution >= 4 is 23.4 Å². The molecule has 4 aliphatic heterocycles. The van der Waals surface area contributed by atoms with Gasteiger partial charge in [0.25, 0.3) is 0 Å². The summed E-state index contributed by atoms with van der Waals surface area (Å²) in [6, 6.07) is 7.90. The maximum Gasteiger partial charge on any atom is 0.249 e. The van der Waals surface area contributed by atoms with Crippen LogP contribution < -0.4 is 4.90 Å². The van der Waals surface area contributed by atoms with Gasteiger partial charge in [-0.15, -0.1) is 0 Å². The van der Waals surface area contributed by atoms with Crippen LogP contribution in [0.4, 0.5) is 5.69 Å². The Morgan fingerprint density at radius 1 is 0.950 bits per heavy atom. The fraction of sp³-hybridized carbons (Fsp3) is 0.594. The van der Waals surface area contributed by atoms with Crippen LogP contribution in [0.3, 0.4) is 0 Å². The summed E-state index contributed by atoms with van der Waals surface area (Å²) in [7, 11) is 0. The minimum atomic E-state index is -1.32. The number of nitrogens with zero attached hydrogens (tertiary/aromatic N) is 3.